The van der Waals surface area contributed by atoms with Crippen molar-refractivity contribution in [1.82, 2.24) is 14.9 Å². The molecule has 0 fully saturated rings. The zero-order valence-electron chi connectivity index (χ0n) is 12.6. The number of imide groups is 1. The lowest BCUT2D eigenvalue weighted by Gasteiger charge is -2.04. The molecule has 0 unspecified atom stereocenters. The number of nitrogens with two attached hydrogens (primary N) is 1. The molecule has 3 aromatic rings. The summed E-state index contributed by atoms with van der Waals surface area (Å²) in [7, 11) is 0. The quantitative estimate of drug-likeness (QED) is 0.752. The SMILES string of the molecule is NC(=O)NC(=O)CCn1cnc2cc(-c3ccccc3)sc2c1=O. The average Bonchev–Trinajstić information content (AvgIpc) is 2.99. The second-order valence-corrected chi connectivity index (χ2v) is 6.15. The van der Waals surface area contributed by atoms with E-state index < -0.39 is 11.9 Å². The van der Waals surface area contributed by atoms with E-state index in [4.69, 9.17) is 5.73 Å². The minimum atomic E-state index is -0.910. The number of nitrogens with zero attached hydrogens (tertiary/aromatic N) is 2. The smallest absolute Gasteiger partial charge is 0.318 e. The molecular formula is C16H14N4O3S. The maximum absolute atomic E-state index is 12.5. The number of aryl methyl sites for hydroxylation is 1. The number of benzene rings is 1. The van der Waals surface area contributed by atoms with Crippen molar-refractivity contribution in [3.05, 3.63) is 53.1 Å². The second kappa shape index (κ2) is 6.63. The van der Waals surface area contributed by atoms with E-state index in [9.17, 15) is 14.4 Å². The number of thiophene rings is 1. The number of hydrogen-bond donors (Lipinski definition) is 2. The van der Waals surface area contributed by atoms with Crippen molar-refractivity contribution in [2.45, 2.75) is 13.0 Å². The van der Waals surface area contributed by atoms with Gasteiger partial charge in [0.05, 0.1) is 11.8 Å². The van der Waals surface area contributed by atoms with Crippen LogP contribution in [0.15, 0.2) is 47.5 Å². The molecule has 0 aliphatic carbocycles. The van der Waals surface area contributed by atoms with E-state index in [-0.39, 0.29) is 18.5 Å². The highest BCUT2D eigenvalue weighted by atomic mass is 32.1. The van der Waals surface area contributed by atoms with Crippen molar-refractivity contribution in [1.29, 1.82) is 0 Å². The van der Waals surface area contributed by atoms with Gasteiger partial charge in [0.25, 0.3) is 5.56 Å². The monoisotopic (exact) mass is 342 g/mol. The third-order valence-electron chi connectivity index (χ3n) is 3.40. The maximum atomic E-state index is 12.5. The number of fused-ring (bicyclic) bond motifs is 1. The van der Waals surface area contributed by atoms with Crippen LogP contribution in [0.2, 0.25) is 0 Å². The van der Waals surface area contributed by atoms with Crippen molar-refractivity contribution in [2.75, 3.05) is 0 Å². The number of amides is 3. The number of nitrogens with one attached hydrogen (secondary N) is 1. The van der Waals surface area contributed by atoms with Gasteiger partial charge >= 0.3 is 6.03 Å². The predicted molar refractivity (Wildman–Crippen MR) is 91.7 cm³/mol. The molecule has 3 amide bonds. The molecule has 0 spiro atoms. The van der Waals surface area contributed by atoms with Gasteiger partial charge in [0.1, 0.15) is 4.70 Å². The van der Waals surface area contributed by atoms with Gasteiger partial charge in [-0.3, -0.25) is 19.5 Å². The molecule has 3 N–H and O–H groups in total. The third-order valence-corrected chi connectivity index (χ3v) is 4.57. The van der Waals surface area contributed by atoms with Gasteiger partial charge < -0.3 is 5.73 Å². The number of carbonyl (C=O) groups is 2. The molecule has 0 radical (unpaired) electrons. The molecule has 0 saturated carbocycles. The van der Waals surface area contributed by atoms with E-state index in [1.807, 2.05) is 41.7 Å². The molecule has 7 nitrogen and oxygen atoms in total. The topological polar surface area (TPSA) is 107 Å². The molecule has 0 aliphatic heterocycles. The first-order valence-corrected chi connectivity index (χ1v) is 8.00. The van der Waals surface area contributed by atoms with Gasteiger partial charge in [-0.25, -0.2) is 9.78 Å². The van der Waals surface area contributed by atoms with Crippen molar-refractivity contribution < 1.29 is 9.59 Å². The van der Waals surface area contributed by atoms with Gasteiger partial charge in [0.15, 0.2) is 0 Å². The Morgan fingerprint density at radius 2 is 2.00 bits per heavy atom. The molecule has 0 aliphatic rings. The molecule has 2 heterocycles. The molecule has 24 heavy (non-hydrogen) atoms. The van der Waals surface area contributed by atoms with Gasteiger partial charge in [-0.1, -0.05) is 30.3 Å². The summed E-state index contributed by atoms with van der Waals surface area (Å²) < 4.78 is 1.89. The zero-order chi connectivity index (χ0) is 17.1. The van der Waals surface area contributed by atoms with E-state index >= 15 is 0 Å². The highest BCUT2D eigenvalue weighted by molar-refractivity contribution is 7.22. The van der Waals surface area contributed by atoms with E-state index in [1.54, 1.807) is 0 Å². The molecule has 0 saturated heterocycles. The Morgan fingerprint density at radius 1 is 1.25 bits per heavy atom. The Bertz CT molecular complexity index is 962. The molecule has 0 atom stereocenters. The van der Waals surface area contributed by atoms with Crippen LogP contribution < -0.4 is 16.6 Å². The highest BCUT2D eigenvalue weighted by Crippen LogP contribution is 2.30. The minimum absolute atomic E-state index is 0.0348. The highest BCUT2D eigenvalue weighted by Gasteiger charge is 2.11. The summed E-state index contributed by atoms with van der Waals surface area (Å²) in [4.78, 5) is 39.8. The van der Waals surface area contributed by atoms with Gasteiger partial charge in [0.2, 0.25) is 5.91 Å². The van der Waals surface area contributed by atoms with Gasteiger partial charge in [-0.15, -0.1) is 11.3 Å². The van der Waals surface area contributed by atoms with Crippen molar-refractivity contribution in [2.24, 2.45) is 5.73 Å². The normalized spacial score (nSPS) is 10.7. The number of hydrogen-bond acceptors (Lipinski definition) is 5. The van der Waals surface area contributed by atoms with Crippen LogP contribution in [-0.4, -0.2) is 21.5 Å². The summed E-state index contributed by atoms with van der Waals surface area (Å²) in [5, 5.41) is 1.96. The Hall–Kier alpha value is -3.00. The van der Waals surface area contributed by atoms with Crippen LogP contribution in [0.3, 0.4) is 0 Å². The fourth-order valence-corrected chi connectivity index (χ4v) is 3.34. The van der Waals surface area contributed by atoms with E-state index in [0.29, 0.717) is 10.2 Å². The Kier molecular flexibility index (Phi) is 4.39. The summed E-state index contributed by atoms with van der Waals surface area (Å²) in [5.74, 6) is -0.536. The maximum Gasteiger partial charge on any atom is 0.318 e. The average molecular weight is 342 g/mol. The van der Waals surface area contributed by atoms with Crippen molar-refractivity contribution >= 4 is 33.5 Å². The summed E-state index contributed by atoms with van der Waals surface area (Å²) in [6.45, 7) is 0.124. The van der Waals surface area contributed by atoms with Gasteiger partial charge in [0, 0.05) is 17.8 Å². The lowest BCUT2D eigenvalue weighted by atomic mass is 10.2. The number of primary amides is 1. The number of aromatic nitrogens is 2. The minimum Gasteiger partial charge on any atom is -0.351 e. The second-order valence-electron chi connectivity index (χ2n) is 5.10. The van der Waals surface area contributed by atoms with Crippen LogP contribution in [0, 0.1) is 0 Å². The van der Waals surface area contributed by atoms with E-state index in [1.165, 1.54) is 22.2 Å². The number of urea groups is 1. The molecule has 8 heteroatoms. The van der Waals surface area contributed by atoms with Gasteiger partial charge in [-0.05, 0) is 11.6 Å². The molecule has 1 aromatic carbocycles. The Balaban J connectivity index is 1.87. The molecular weight excluding hydrogens is 328 g/mol. The fourth-order valence-electron chi connectivity index (χ4n) is 2.27. The van der Waals surface area contributed by atoms with Crippen LogP contribution in [-0.2, 0) is 11.3 Å². The van der Waals surface area contributed by atoms with Crippen LogP contribution in [0.5, 0.6) is 0 Å². The standard InChI is InChI=1S/C16H14N4O3S/c17-16(23)19-13(21)6-7-20-9-18-11-8-12(24-14(11)15(20)22)10-4-2-1-3-5-10/h1-5,8-9H,6-7H2,(H3,17,19,21,23). The molecule has 0 bridgehead atoms. The first kappa shape index (κ1) is 15.9. The summed E-state index contributed by atoms with van der Waals surface area (Å²) in [6, 6.07) is 10.7. The van der Waals surface area contributed by atoms with Crippen LogP contribution in [0.1, 0.15) is 6.42 Å². The lowest BCUT2D eigenvalue weighted by molar-refractivity contribution is -0.120. The molecule has 122 valence electrons. The summed E-state index contributed by atoms with van der Waals surface area (Å²) in [6.07, 6.45) is 1.37. The summed E-state index contributed by atoms with van der Waals surface area (Å²) in [5.41, 5.74) is 6.31. The third kappa shape index (κ3) is 3.33. The predicted octanol–water partition coefficient (Wildman–Crippen LogP) is 1.71. The number of rotatable bonds is 4. The first-order chi connectivity index (χ1) is 11.5. The number of carbonyl (C=O) groups excluding carboxylic acids is 2. The Labute approximate surface area is 140 Å². The fraction of sp³-hybridized carbons (Fsp3) is 0.125. The first-order valence-electron chi connectivity index (χ1n) is 7.18. The largest absolute Gasteiger partial charge is 0.351 e. The van der Waals surface area contributed by atoms with Crippen molar-refractivity contribution in [3.63, 3.8) is 0 Å². The summed E-state index contributed by atoms with van der Waals surface area (Å²) >= 11 is 1.37. The van der Waals surface area contributed by atoms with Crippen LogP contribution in [0.4, 0.5) is 4.79 Å². The molecule has 2 aromatic heterocycles. The van der Waals surface area contributed by atoms with Gasteiger partial charge in [-0.2, -0.15) is 0 Å². The van der Waals surface area contributed by atoms with Crippen LogP contribution >= 0.6 is 11.3 Å². The Morgan fingerprint density at radius 3 is 2.71 bits per heavy atom. The van der Waals surface area contributed by atoms with Crippen molar-refractivity contribution in [3.8, 4) is 10.4 Å². The van der Waals surface area contributed by atoms with E-state index in [0.717, 1.165) is 10.4 Å². The van der Waals surface area contributed by atoms with Crippen LogP contribution in [0.25, 0.3) is 20.7 Å². The van der Waals surface area contributed by atoms with E-state index in [2.05, 4.69) is 4.98 Å². The lowest BCUT2D eigenvalue weighted by Crippen LogP contribution is -2.36. The molecule has 3 rings (SSSR count). The zero-order valence-corrected chi connectivity index (χ0v) is 13.4.